The average Bonchev–Trinajstić information content (AvgIpc) is 3.41. The summed E-state index contributed by atoms with van der Waals surface area (Å²) in [6.45, 7) is 6.56. The Morgan fingerprint density at radius 2 is 0.520 bits per heavy atom. The molecule has 0 aliphatic carbocycles. The molecule has 0 heterocycles. The summed E-state index contributed by atoms with van der Waals surface area (Å²) in [7, 11) is 0. The van der Waals surface area contributed by atoms with Crippen LogP contribution >= 0.6 is 0 Å². The second-order valence-corrected chi connectivity index (χ2v) is 21.7. The van der Waals surface area contributed by atoms with Gasteiger partial charge in [-0.2, -0.15) is 0 Å². The SMILES string of the molecule is CC/C=C\C/C=C\C/C=C\C/C=C\C/C=C\C/C=C\CCCCCCCCCCCCC(=O)OCC(COC(=O)CCCCCCCCCCCCCCC)OC(=O)CCCCCCCCCCCCCCCCC. The second-order valence-electron chi connectivity index (χ2n) is 21.7. The Bertz CT molecular complexity index is 1390. The van der Waals surface area contributed by atoms with E-state index in [9.17, 15) is 14.4 Å². The van der Waals surface area contributed by atoms with Crippen LogP contribution in [-0.4, -0.2) is 37.2 Å². The normalized spacial score (nSPS) is 12.5. The van der Waals surface area contributed by atoms with E-state index < -0.39 is 6.10 Å². The molecule has 0 radical (unpaired) electrons. The second kappa shape index (κ2) is 63.4. The molecule has 6 nitrogen and oxygen atoms in total. The zero-order valence-electron chi connectivity index (χ0n) is 49.8. The number of hydrogen-bond donors (Lipinski definition) is 0. The molecule has 0 aromatic carbocycles. The molecule has 0 aliphatic rings. The summed E-state index contributed by atoms with van der Waals surface area (Å²) >= 11 is 0. The van der Waals surface area contributed by atoms with Gasteiger partial charge in [0.25, 0.3) is 0 Å². The zero-order valence-corrected chi connectivity index (χ0v) is 49.8. The quantitative estimate of drug-likeness (QED) is 0.0261. The van der Waals surface area contributed by atoms with E-state index in [4.69, 9.17) is 14.2 Å². The molecule has 1 unspecified atom stereocenters. The van der Waals surface area contributed by atoms with Crippen molar-refractivity contribution in [3.8, 4) is 0 Å². The van der Waals surface area contributed by atoms with Gasteiger partial charge in [-0.3, -0.25) is 14.4 Å². The Labute approximate surface area is 465 Å². The van der Waals surface area contributed by atoms with Crippen molar-refractivity contribution >= 4 is 17.9 Å². The lowest BCUT2D eigenvalue weighted by atomic mass is 10.0. The Morgan fingerprint density at radius 1 is 0.280 bits per heavy atom. The Kier molecular flexibility index (Phi) is 60.7. The van der Waals surface area contributed by atoms with Crippen molar-refractivity contribution < 1.29 is 28.6 Å². The van der Waals surface area contributed by atoms with E-state index >= 15 is 0 Å². The van der Waals surface area contributed by atoms with Gasteiger partial charge < -0.3 is 14.2 Å². The lowest BCUT2D eigenvalue weighted by molar-refractivity contribution is -0.167. The molecule has 6 heteroatoms. The molecule has 0 fully saturated rings. The Hall–Kier alpha value is -3.15. The third kappa shape index (κ3) is 61.6. The molecule has 1 atom stereocenters. The fourth-order valence-corrected chi connectivity index (χ4v) is 9.39. The summed E-state index contributed by atoms with van der Waals surface area (Å²) in [5.74, 6) is -0.857. The Balaban J connectivity index is 4.24. The van der Waals surface area contributed by atoms with E-state index in [2.05, 4.69) is 93.7 Å². The van der Waals surface area contributed by atoms with Crippen LogP contribution in [0.5, 0.6) is 0 Å². The predicted octanol–water partition coefficient (Wildman–Crippen LogP) is 22.1. The van der Waals surface area contributed by atoms with Crippen molar-refractivity contribution in [2.24, 2.45) is 0 Å². The van der Waals surface area contributed by atoms with E-state index in [-0.39, 0.29) is 31.1 Å². The smallest absolute Gasteiger partial charge is 0.306 e. The van der Waals surface area contributed by atoms with Gasteiger partial charge in [-0.15, -0.1) is 0 Å². The average molecular weight is 1050 g/mol. The molecule has 0 saturated carbocycles. The van der Waals surface area contributed by atoms with Crippen LogP contribution in [0.2, 0.25) is 0 Å². The number of ether oxygens (including phenoxy) is 3. The Morgan fingerprint density at radius 3 is 0.813 bits per heavy atom. The van der Waals surface area contributed by atoms with Crippen molar-refractivity contribution in [1.29, 1.82) is 0 Å². The van der Waals surface area contributed by atoms with Crippen LogP contribution in [0.15, 0.2) is 72.9 Å². The van der Waals surface area contributed by atoms with Crippen molar-refractivity contribution in [3.63, 3.8) is 0 Å². The minimum Gasteiger partial charge on any atom is -0.462 e. The molecule has 0 saturated heterocycles. The maximum Gasteiger partial charge on any atom is 0.306 e. The van der Waals surface area contributed by atoms with E-state index in [1.165, 1.54) is 193 Å². The highest BCUT2D eigenvalue weighted by atomic mass is 16.6. The highest BCUT2D eigenvalue weighted by Gasteiger charge is 2.19. The summed E-state index contributed by atoms with van der Waals surface area (Å²) in [4.78, 5) is 38.3. The molecule has 0 spiro atoms. The van der Waals surface area contributed by atoms with Crippen LogP contribution < -0.4 is 0 Å². The van der Waals surface area contributed by atoms with Crippen molar-refractivity contribution in [1.82, 2.24) is 0 Å². The standard InChI is InChI=1S/C69H122O6/c1-4-7-10-13-16-19-22-25-27-28-29-30-31-32-33-34-35-36-37-38-39-40-42-44-47-50-53-56-59-62-68(71)74-65-66(64-73-67(70)61-58-55-52-49-46-43-24-21-18-15-12-9-6-3)75-69(72)63-60-57-54-51-48-45-41-26-23-20-17-14-11-8-5-2/h7,10,16,19,25,27,29-30,32-33,35-36,66H,4-6,8-9,11-15,17-18,20-24,26,28,31,34,37-65H2,1-3H3/b10-7-,19-16-,27-25-,30-29-,33-32-,36-35-. The minimum absolute atomic E-state index is 0.0708. The number of carbonyl (C=O) groups excluding carboxylic acids is 3. The maximum absolute atomic E-state index is 12.9. The van der Waals surface area contributed by atoms with Crippen LogP contribution in [0.3, 0.4) is 0 Å². The topological polar surface area (TPSA) is 78.9 Å². The van der Waals surface area contributed by atoms with Crippen LogP contribution in [0, 0.1) is 0 Å². The number of carbonyl (C=O) groups is 3. The maximum atomic E-state index is 12.9. The van der Waals surface area contributed by atoms with Crippen molar-refractivity contribution in [2.75, 3.05) is 13.2 Å². The monoisotopic (exact) mass is 1050 g/mol. The summed E-state index contributed by atoms with van der Waals surface area (Å²) in [6.07, 6.45) is 81.9. The molecule has 0 aromatic heterocycles. The third-order valence-electron chi connectivity index (χ3n) is 14.2. The van der Waals surface area contributed by atoms with E-state index in [0.29, 0.717) is 19.3 Å². The molecule has 434 valence electrons. The lowest BCUT2D eigenvalue weighted by Gasteiger charge is -2.18. The van der Waals surface area contributed by atoms with Gasteiger partial charge in [0.1, 0.15) is 13.2 Å². The highest BCUT2D eigenvalue weighted by Crippen LogP contribution is 2.17. The van der Waals surface area contributed by atoms with Gasteiger partial charge in [-0.25, -0.2) is 0 Å². The van der Waals surface area contributed by atoms with E-state index in [1.54, 1.807) is 0 Å². The first kappa shape index (κ1) is 71.8. The summed E-state index contributed by atoms with van der Waals surface area (Å²) in [5, 5.41) is 0. The van der Waals surface area contributed by atoms with E-state index in [0.717, 1.165) is 96.3 Å². The minimum atomic E-state index is -0.773. The van der Waals surface area contributed by atoms with Gasteiger partial charge in [0.15, 0.2) is 6.10 Å². The van der Waals surface area contributed by atoms with Gasteiger partial charge in [-0.1, -0.05) is 312 Å². The number of unbranched alkanes of at least 4 members (excludes halogenated alkanes) is 36. The highest BCUT2D eigenvalue weighted by molar-refractivity contribution is 5.71. The number of rotatable bonds is 59. The number of hydrogen-bond acceptors (Lipinski definition) is 6. The van der Waals surface area contributed by atoms with Crippen LogP contribution in [0.4, 0.5) is 0 Å². The fraction of sp³-hybridized carbons (Fsp3) is 0.783. The molecule has 0 aliphatic heterocycles. The van der Waals surface area contributed by atoms with Gasteiger partial charge in [-0.05, 0) is 70.6 Å². The summed E-state index contributed by atoms with van der Waals surface area (Å²) in [5.41, 5.74) is 0. The molecule has 0 aromatic rings. The first-order valence-corrected chi connectivity index (χ1v) is 32.4. The van der Waals surface area contributed by atoms with Crippen LogP contribution in [-0.2, 0) is 28.6 Å². The molecule has 0 N–H and O–H groups in total. The summed E-state index contributed by atoms with van der Waals surface area (Å²) in [6, 6.07) is 0. The van der Waals surface area contributed by atoms with Gasteiger partial charge in [0, 0.05) is 19.3 Å². The van der Waals surface area contributed by atoms with E-state index in [1.807, 2.05) is 0 Å². The van der Waals surface area contributed by atoms with Gasteiger partial charge >= 0.3 is 17.9 Å². The third-order valence-corrected chi connectivity index (χ3v) is 14.2. The molecular formula is C69H122O6. The van der Waals surface area contributed by atoms with Gasteiger partial charge in [0.2, 0.25) is 0 Å². The number of allylic oxidation sites excluding steroid dienone is 12. The molecular weight excluding hydrogens is 925 g/mol. The van der Waals surface area contributed by atoms with Crippen molar-refractivity contribution in [2.45, 2.75) is 335 Å². The lowest BCUT2D eigenvalue weighted by Crippen LogP contribution is -2.30. The summed E-state index contributed by atoms with van der Waals surface area (Å²) < 4.78 is 16.9. The van der Waals surface area contributed by atoms with Crippen molar-refractivity contribution in [3.05, 3.63) is 72.9 Å². The predicted molar refractivity (Wildman–Crippen MR) is 325 cm³/mol. The van der Waals surface area contributed by atoms with Crippen LogP contribution in [0.25, 0.3) is 0 Å². The first-order chi connectivity index (χ1) is 37.0. The fourth-order valence-electron chi connectivity index (χ4n) is 9.39. The largest absolute Gasteiger partial charge is 0.462 e. The molecule has 0 bridgehead atoms. The number of esters is 3. The molecule has 75 heavy (non-hydrogen) atoms. The van der Waals surface area contributed by atoms with Gasteiger partial charge in [0.05, 0.1) is 0 Å². The van der Waals surface area contributed by atoms with Crippen LogP contribution in [0.1, 0.15) is 329 Å². The first-order valence-electron chi connectivity index (χ1n) is 32.4. The molecule has 0 amide bonds. The zero-order chi connectivity index (χ0) is 54.3. The molecule has 0 rings (SSSR count).